The molecule has 7 heteroatoms. The zero-order chi connectivity index (χ0) is 16.9. The van der Waals surface area contributed by atoms with Crippen LogP contribution in [-0.2, 0) is 9.59 Å². The number of rotatable bonds is 5. The second-order valence-corrected chi connectivity index (χ2v) is 6.26. The van der Waals surface area contributed by atoms with Gasteiger partial charge in [0.2, 0.25) is 5.91 Å². The summed E-state index contributed by atoms with van der Waals surface area (Å²) >= 11 is 1.30. The summed E-state index contributed by atoms with van der Waals surface area (Å²) in [5, 5.41) is 5.44. The number of hydrogen-bond acceptors (Lipinski definition) is 4. The highest BCUT2D eigenvalue weighted by atomic mass is 32.2. The summed E-state index contributed by atoms with van der Waals surface area (Å²) in [7, 11) is 0. The molecule has 2 aromatic rings. The summed E-state index contributed by atoms with van der Waals surface area (Å²) in [5.41, 5.74) is 1.10. The van der Waals surface area contributed by atoms with Crippen LogP contribution in [0.5, 0.6) is 5.75 Å². The van der Waals surface area contributed by atoms with Crippen LogP contribution in [0.15, 0.2) is 47.4 Å². The largest absolute Gasteiger partial charge is 0.482 e. The van der Waals surface area contributed by atoms with Crippen molar-refractivity contribution < 1.29 is 18.7 Å². The van der Waals surface area contributed by atoms with Crippen LogP contribution in [0.4, 0.5) is 15.8 Å². The average Bonchev–Trinajstić information content (AvgIpc) is 2.56. The first-order valence-electron chi connectivity index (χ1n) is 7.36. The molecule has 0 fully saturated rings. The van der Waals surface area contributed by atoms with Gasteiger partial charge in [0.1, 0.15) is 11.6 Å². The Hall–Kier alpha value is -2.54. The first kappa shape index (κ1) is 16.3. The van der Waals surface area contributed by atoms with Crippen molar-refractivity contribution in [2.24, 2.45) is 0 Å². The topological polar surface area (TPSA) is 67.4 Å². The lowest BCUT2D eigenvalue weighted by molar-refractivity contribution is -0.118. The molecule has 3 rings (SSSR count). The van der Waals surface area contributed by atoms with Crippen LogP contribution in [0.3, 0.4) is 0 Å². The van der Waals surface area contributed by atoms with Crippen molar-refractivity contribution in [3.63, 3.8) is 0 Å². The number of hydrogen-bond donors (Lipinski definition) is 2. The number of ether oxygens (including phenoxy) is 1. The molecular weight excluding hydrogens is 331 g/mol. The lowest BCUT2D eigenvalue weighted by Gasteiger charge is -2.18. The van der Waals surface area contributed by atoms with E-state index in [1.165, 1.54) is 17.8 Å². The van der Waals surface area contributed by atoms with E-state index in [9.17, 15) is 14.0 Å². The van der Waals surface area contributed by atoms with E-state index in [-0.39, 0.29) is 30.7 Å². The minimum atomic E-state index is -0.284. The Bertz CT molecular complexity index is 782. The van der Waals surface area contributed by atoms with Crippen molar-refractivity contribution in [2.45, 2.75) is 11.3 Å². The molecule has 0 unspecified atom stereocenters. The lowest BCUT2D eigenvalue weighted by Crippen LogP contribution is -2.25. The van der Waals surface area contributed by atoms with Crippen LogP contribution in [0, 0.1) is 5.82 Å². The summed E-state index contributed by atoms with van der Waals surface area (Å²) < 4.78 is 18.7. The first-order chi connectivity index (χ1) is 11.6. The molecule has 0 aliphatic carbocycles. The molecule has 1 aliphatic heterocycles. The van der Waals surface area contributed by atoms with Crippen LogP contribution in [0.1, 0.15) is 6.42 Å². The highest BCUT2D eigenvalue weighted by Crippen LogP contribution is 2.30. The van der Waals surface area contributed by atoms with E-state index >= 15 is 0 Å². The van der Waals surface area contributed by atoms with E-state index in [4.69, 9.17) is 4.74 Å². The minimum absolute atomic E-state index is 0.00796. The van der Waals surface area contributed by atoms with Crippen molar-refractivity contribution in [3.8, 4) is 5.75 Å². The van der Waals surface area contributed by atoms with E-state index in [1.807, 2.05) is 0 Å². The standard InChI is InChI=1S/C17H15FN2O3S/c18-12-3-1-2-4-15(12)24-8-7-16(21)19-11-5-6-14-13(9-11)20-17(22)10-23-14/h1-6,9H,7-8,10H2,(H,19,21)(H,20,22). The maximum atomic E-state index is 13.5. The van der Waals surface area contributed by atoms with Crippen molar-refractivity contribution >= 4 is 35.0 Å². The monoisotopic (exact) mass is 346 g/mol. The van der Waals surface area contributed by atoms with Crippen molar-refractivity contribution in [1.82, 2.24) is 0 Å². The molecule has 1 aliphatic rings. The molecule has 5 nitrogen and oxygen atoms in total. The highest BCUT2D eigenvalue weighted by Gasteiger charge is 2.16. The number of benzene rings is 2. The van der Waals surface area contributed by atoms with Gasteiger partial charge in [0.05, 0.1) is 5.69 Å². The molecule has 0 radical (unpaired) electrons. The molecule has 124 valence electrons. The van der Waals surface area contributed by atoms with Gasteiger partial charge in [-0.2, -0.15) is 0 Å². The van der Waals surface area contributed by atoms with Gasteiger partial charge < -0.3 is 15.4 Å². The van der Waals surface area contributed by atoms with Crippen LogP contribution < -0.4 is 15.4 Å². The fraction of sp³-hybridized carbons (Fsp3) is 0.176. The first-order valence-corrected chi connectivity index (χ1v) is 8.34. The molecule has 1 heterocycles. The fourth-order valence-electron chi connectivity index (χ4n) is 2.20. The fourth-order valence-corrected chi connectivity index (χ4v) is 3.09. The van der Waals surface area contributed by atoms with Gasteiger partial charge in [0, 0.05) is 22.8 Å². The minimum Gasteiger partial charge on any atom is -0.482 e. The molecule has 0 aromatic heterocycles. The van der Waals surface area contributed by atoms with Crippen LogP contribution in [-0.4, -0.2) is 24.2 Å². The summed E-state index contributed by atoms with van der Waals surface area (Å²) in [6.45, 7) is -0.00796. The van der Waals surface area contributed by atoms with Crippen LogP contribution >= 0.6 is 11.8 Å². The van der Waals surface area contributed by atoms with Gasteiger partial charge >= 0.3 is 0 Å². The Morgan fingerprint density at radius 1 is 1.29 bits per heavy atom. The number of thioether (sulfide) groups is 1. The zero-order valence-corrected chi connectivity index (χ0v) is 13.5. The summed E-state index contributed by atoms with van der Waals surface area (Å²) in [4.78, 5) is 23.8. The normalized spacial score (nSPS) is 12.8. The van der Waals surface area contributed by atoms with Gasteiger partial charge in [-0.1, -0.05) is 12.1 Å². The van der Waals surface area contributed by atoms with E-state index in [0.717, 1.165) is 0 Å². The van der Waals surface area contributed by atoms with E-state index in [1.54, 1.807) is 36.4 Å². The Labute approximate surface area is 142 Å². The number of carbonyl (C=O) groups excluding carboxylic acids is 2. The molecule has 0 spiro atoms. The van der Waals surface area contributed by atoms with Gasteiger partial charge in [0.25, 0.3) is 5.91 Å². The predicted molar refractivity (Wildman–Crippen MR) is 90.9 cm³/mol. The van der Waals surface area contributed by atoms with Crippen LogP contribution in [0.2, 0.25) is 0 Å². The molecule has 0 saturated carbocycles. The third-order valence-corrected chi connectivity index (χ3v) is 4.37. The molecule has 2 aromatic carbocycles. The second-order valence-electron chi connectivity index (χ2n) is 5.12. The third kappa shape index (κ3) is 4.05. The highest BCUT2D eigenvalue weighted by molar-refractivity contribution is 7.99. The lowest BCUT2D eigenvalue weighted by atomic mass is 10.2. The number of anilines is 2. The van der Waals surface area contributed by atoms with Gasteiger partial charge in [-0.05, 0) is 30.3 Å². The molecule has 24 heavy (non-hydrogen) atoms. The quantitative estimate of drug-likeness (QED) is 0.816. The number of fused-ring (bicyclic) bond motifs is 1. The number of nitrogens with one attached hydrogen (secondary N) is 2. The summed E-state index contributed by atoms with van der Waals surface area (Å²) in [6, 6.07) is 11.5. The Balaban J connectivity index is 1.53. The Morgan fingerprint density at radius 2 is 2.12 bits per heavy atom. The average molecular weight is 346 g/mol. The number of carbonyl (C=O) groups is 2. The van der Waals surface area contributed by atoms with Crippen molar-refractivity contribution in [2.75, 3.05) is 23.0 Å². The van der Waals surface area contributed by atoms with E-state index in [2.05, 4.69) is 10.6 Å². The second kappa shape index (κ2) is 7.35. The van der Waals surface area contributed by atoms with Gasteiger partial charge in [-0.15, -0.1) is 11.8 Å². The zero-order valence-electron chi connectivity index (χ0n) is 12.7. The molecule has 0 bridgehead atoms. The number of halogens is 1. The van der Waals surface area contributed by atoms with Crippen molar-refractivity contribution in [3.05, 3.63) is 48.3 Å². The summed E-state index contributed by atoms with van der Waals surface area (Å²) in [6.07, 6.45) is 0.249. The molecule has 2 amide bonds. The molecule has 0 atom stereocenters. The van der Waals surface area contributed by atoms with Gasteiger partial charge in [-0.3, -0.25) is 9.59 Å². The maximum absolute atomic E-state index is 13.5. The Kier molecular flexibility index (Phi) is 5.00. The maximum Gasteiger partial charge on any atom is 0.262 e. The van der Waals surface area contributed by atoms with E-state index < -0.39 is 0 Å². The summed E-state index contributed by atoms with van der Waals surface area (Å²) in [5.74, 6) is 0.350. The molecule has 2 N–H and O–H groups in total. The third-order valence-electron chi connectivity index (χ3n) is 3.32. The number of amides is 2. The van der Waals surface area contributed by atoms with Crippen molar-refractivity contribution in [1.29, 1.82) is 0 Å². The molecular formula is C17H15FN2O3S. The SMILES string of the molecule is O=C(CCSc1ccccc1F)Nc1ccc2c(c1)NC(=O)CO2. The van der Waals surface area contributed by atoms with Gasteiger partial charge in [-0.25, -0.2) is 4.39 Å². The van der Waals surface area contributed by atoms with Crippen LogP contribution in [0.25, 0.3) is 0 Å². The predicted octanol–water partition coefficient (Wildman–Crippen LogP) is 3.28. The van der Waals surface area contributed by atoms with Gasteiger partial charge in [0.15, 0.2) is 6.61 Å². The van der Waals surface area contributed by atoms with E-state index in [0.29, 0.717) is 27.8 Å². The molecule has 0 saturated heterocycles. The smallest absolute Gasteiger partial charge is 0.262 e. The Morgan fingerprint density at radius 3 is 2.96 bits per heavy atom.